The second-order valence-electron chi connectivity index (χ2n) is 4.92. The SMILES string of the molecule is Clc1ccc(CNc2ccc(Oc3ccccc3)cc2)cc1. The largest absolute Gasteiger partial charge is 0.457 e. The van der Waals surface area contributed by atoms with Gasteiger partial charge < -0.3 is 10.1 Å². The number of hydrogen-bond donors (Lipinski definition) is 1. The zero-order valence-corrected chi connectivity index (χ0v) is 12.8. The van der Waals surface area contributed by atoms with Crippen molar-refractivity contribution < 1.29 is 4.74 Å². The number of rotatable bonds is 5. The predicted molar refractivity (Wildman–Crippen MR) is 91.7 cm³/mol. The summed E-state index contributed by atoms with van der Waals surface area (Å²) >= 11 is 5.88. The first-order chi connectivity index (χ1) is 10.8. The molecule has 0 saturated carbocycles. The number of hydrogen-bond acceptors (Lipinski definition) is 2. The number of nitrogens with one attached hydrogen (secondary N) is 1. The summed E-state index contributed by atoms with van der Waals surface area (Å²) in [6.45, 7) is 0.760. The average Bonchev–Trinajstić information content (AvgIpc) is 2.57. The zero-order valence-electron chi connectivity index (χ0n) is 12.0. The Hall–Kier alpha value is -2.45. The monoisotopic (exact) mass is 309 g/mol. The highest BCUT2D eigenvalue weighted by atomic mass is 35.5. The maximum Gasteiger partial charge on any atom is 0.127 e. The Morgan fingerprint density at radius 1 is 0.727 bits per heavy atom. The van der Waals surface area contributed by atoms with Gasteiger partial charge in [-0.25, -0.2) is 0 Å². The molecule has 0 bridgehead atoms. The Labute approximate surface area is 135 Å². The summed E-state index contributed by atoms with van der Waals surface area (Å²) in [4.78, 5) is 0. The fourth-order valence-corrected chi connectivity index (χ4v) is 2.20. The van der Waals surface area contributed by atoms with E-state index in [0.29, 0.717) is 0 Å². The standard InChI is InChI=1S/C19H16ClNO/c20-16-8-6-15(7-9-16)14-21-17-10-12-19(13-11-17)22-18-4-2-1-3-5-18/h1-13,21H,14H2. The van der Waals surface area contributed by atoms with Crippen LogP contribution in [0.4, 0.5) is 5.69 Å². The van der Waals surface area contributed by atoms with Gasteiger partial charge in [0.15, 0.2) is 0 Å². The Morgan fingerprint density at radius 2 is 1.36 bits per heavy atom. The second-order valence-corrected chi connectivity index (χ2v) is 5.36. The van der Waals surface area contributed by atoms with Gasteiger partial charge in [0.25, 0.3) is 0 Å². The molecule has 0 aliphatic rings. The first-order valence-electron chi connectivity index (χ1n) is 7.11. The van der Waals surface area contributed by atoms with E-state index >= 15 is 0 Å². The third-order valence-electron chi connectivity index (χ3n) is 3.24. The van der Waals surface area contributed by atoms with E-state index in [-0.39, 0.29) is 0 Å². The molecular formula is C19H16ClNO. The lowest BCUT2D eigenvalue weighted by Crippen LogP contribution is -1.98. The average molecular weight is 310 g/mol. The van der Waals surface area contributed by atoms with Crippen molar-refractivity contribution in [2.75, 3.05) is 5.32 Å². The van der Waals surface area contributed by atoms with Crippen molar-refractivity contribution in [2.24, 2.45) is 0 Å². The highest BCUT2D eigenvalue weighted by Crippen LogP contribution is 2.22. The van der Waals surface area contributed by atoms with Crippen molar-refractivity contribution in [1.82, 2.24) is 0 Å². The maximum absolute atomic E-state index is 5.88. The highest BCUT2D eigenvalue weighted by Gasteiger charge is 1.98. The van der Waals surface area contributed by atoms with Crippen LogP contribution < -0.4 is 10.1 Å². The molecule has 3 aromatic rings. The smallest absolute Gasteiger partial charge is 0.127 e. The van der Waals surface area contributed by atoms with E-state index in [2.05, 4.69) is 5.32 Å². The minimum absolute atomic E-state index is 0.756. The van der Waals surface area contributed by atoms with Crippen LogP contribution in [-0.4, -0.2) is 0 Å². The third-order valence-corrected chi connectivity index (χ3v) is 3.50. The van der Waals surface area contributed by atoms with E-state index < -0.39 is 0 Å². The number of ether oxygens (including phenoxy) is 1. The van der Waals surface area contributed by atoms with E-state index in [4.69, 9.17) is 16.3 Å². The fraction of sp³-hybridized carbons (Fsp3) is 0.0526. The Balaban J connectivity index is 1.58. The molecule has 0 aliphatic carbocycles. The van der Waals surface area contributed by atoms with Crippen molar-refractivity contribution in [3.8, 4) is 11.5 Å². The van der Waals surface area contributed by atoms with Crippen molar-refractivity contribution >= 4 is 17.3 Å². The Bertz CT molecular complexity index is 709. The summed E-state index contributed by atoms with van der Waals surface area (Å²) in [5.74, 6) is 1.66. The Kier molecular flexibility index (Phi) is 4.62. The molecule has 110 valence electrons. The summed E-state index contributed by atoms with van der Waals surface area (Å²) in [6.07, 6.45) is 0. The number of anilines is 1. The van der Waals surface area contributed by atoms with Crippen LogP contribution in [0, 0.1) is 0 Å². The highest BCUT2D eigenvalue weighted by molar-refractivity contribution is 6.30. The van der Waals surface area contributed by atoms with Crippen LogP contribution in [0.15, 0.2) is 78.9 Å². The van der Waals surface area contributed by atoms with Crippen LogP contribution in [0.25, 0.3) is 0 Å². The molecule has 0 aliphatic heterocycles. The van der Waals surface area contributed by atoms with Crippen LogP contribution in [0.5, 0.6) is 11.5 Å². The van der Waals surface area contributed by atoms with Gasteiger partial charge in [0.1, 0.15) is 11.5 Å². The molecule has 0 aromatic heterocycles. The van der Waals surface area contributed by atoms with E-state index in [1.165, 1.54) is 5.56 Å². The molecule has 0 spiro atoms. The first-order valence-corrected chi connectivity index (χ1v) is 7.49. The van der Waals surface area contributed by atoms with Crippen molar-refractivity contribution in [3.05, 3.63) is 89.4 Å². The van der Waals surface area contributed by atoms with Gasteiger partial charge in [0.2, 0.25) is 0 Å². The van der Waals surface area contributed by atoms with Gasteiger partial charge in [0.05, 0.1) is 0 Å². The summed E-state index contributed by atoms with van der Waals surface area (Å²) < 4.78 is 5.77. The van der Waals surface area contributed by atoms with E-state index in [1.54, 1.807) is 0 Å². The van der Waals surface area contributed by atoms with Gasteiger partial charge in [-0.3, -0.25) is 0 Å². The number of para-hydroxylation sites is 1. The molecule has 0 atom stereocenters. The Morgan fingerprint density at radius 3 is 2.05 bits per heavy atom. The van der Waals surface area contributed by atoms with Gasteiger partial charge in [-0.2, -0.15) is 0 Å². The maximum atomic E-state index is 5.88. The molecule has 3 heteroatoms. The molecule has 22 heavy (non-hydrogen) atoms. The van der Waals surface area contributed by atoms with Crippen LogP contribution in [0.2, 0.25) is 5.02 Å². The second kappa shape index (κ2) is 7.01. The quantitative estimate of drug-likeness (QED) is 0.648. The molecule has 1 N–H and O–H groups in total. The van der Waals surface area contributed by atoms with Gasteiger partial charge in [0, 0.05) is 17.3 Å². The summed E-state index contributed by atoms with van der Waals surface area (Å²) in [6, 6.07) is 25.5. The molecule has 0 amide bonds. The summed E-state index contributed by atoms with van der Waals surface area (Å²) in [7, 11) is 0. The van der Waals surface area contributed by atoms with Crippen molar-refractivity contribution in [2.45, 2.75) is 6.54 Å². The zero-order chi connectivity index (χ0) is 15.2. The van der Waals surface area contributed by atoms with E-state index in [0.717, 1.165) is 28.8 Å². The molecule has 0 radical (unpaired) electrons. The molecular weight excluding hydrogens is 294 g/mol. The van der Waals surface area contributed by atoms with Crippen LogP contribution >= 0.6 is 11.6 Å². The van der Waals surface area contributed by atoms with Gasteiger partial charge in [-0.1, -0.05) is 41.9 Å². The third kappa shape index (κ3) is 4.03. The molecule has 0 unspecified atom stereocenters. The topological polar surface area (TPSA) is 21.3 Å². The van der Waals surface area contributed by atoms with Crippen LogP contribution in [-0.2, 0) is 6.54 Å². The normalized spacial score (nSPS) is 10.2. The molecule has 0 saturated heterocycles. The predicted octanol–water partition coefficient (Wildman–Crippen LogP) is 5.74. The fourth-order valence-electron chi connectivity index (χ4n) is 2.07. The molecule has 3 rings (SSSR count). The minimum Gasteiger partial charge on any atom is -0.457 e. The molecule has 2 nitrogen and oxygen atoms in total. The van der Waals surface area contributed by atoms with Crippen LogP contribution in [0.1, 0.15) is 5.56 Å². The lowest BCUT2D eigenvalue weighted by molar-refractivity contribution is 0.483. The molecule has 0 heterocycles. The molecule has 3 aromatic carbocycles. The lowest BCUT2D eigenvalue weighted by atomic mass is 10.2. The van der Waals surface area contributed by atoms with E-state index in [1.807, 2.05) is 78.9 Å². The van der Waals surface area contributed by atoms with Gasteiger partial charge in [-0.05, 0) is 54.1 Å². The first kappa shape index (κ1) is 14.5. The number of benzene rings is 3. The van der Waals surface area contributed by atoms with Gasteiger partial charge >= 0.3 is 0 Å². The summed E-state index contributed by atoms with van der Waals surface area (Å²) in [5.41, 5.74) is 2.24. The summed E-state index contributed by atoms with van der Waals surface area (Å²) in [5, 5.41) is 4.13. The van der Waals surface area contributed by atoms with E-state index in [9.17, 15) is 0 Å². The number of halogens is 1. The van der Waals surface area contributed by atoms with Crippen molar-refractivity contribution in [3.63, 3.8) is 0 Å². The van der Waals surface area contributed by atoms with Crippen LogP contribution in [0.3, 0.4) is 0 Å². The van der Waals surface area contributed by atoms with Gasteiger partial charge in [-0.15, -0.1) is 0 Å². The lowest BCUT2D eigenvalue weighted by Gasteiger charge is -2.09. The van der Waals surface area contributed by atoms with Crippen molar-refractivity contribution in [1.29, 1.82) is 0 Å². The minimum atomic E-state index is 0.756. The molecule has 0 fully saturated rings.